The van der Waals surface area contributed by atoms with E-state index in [2.05, 4.69) is 20.4 Å². The molecule has 2 N–H and O–H groups in total. The summed E-state index contributed by atoms with van der Waals surface area (Å²) in [5, 5.41) is 0.976. The average Bonchev–Trinajstić information content (AvgIpc) is 3.17. The van der Waals surface area contributed by atoms with E-state index in [1.807, 2.05) is 37.3 Å². The Hall–Kier alpha value is -4.11. The van der Waals surface area contributed by atoms with Crippen LogP contribution in [0, 0.1) is 6.92 Å². The summed E-state index contributed by atoms with van der Waals surface area (Å²) in [4.78, 5) is 51.1. The minimum absolute atomic E-state index is 0.0416. The number of aromatic amines is 1. The molecule has 0 saturated heterocycles. The fourth-order valence-corrected chi connectivity index (χ4v) is 4.81. The SMILES string of the molecule is Cc1sc2ncn(NC(=O)CCc3nc4ccccc4c(=O)[nH]3)c(=O)c2c1-c1ccccc1. The Morgan fingerprint density at radius 2 is 1.85 bits per heavy atom. The monoisotopic (exact) mass is 457 g/mol. The van der Waals surface area contributed by atoms with Gasteiger partial charge in [0.25, 0.3) is 11.1 Å². The highest BCUT2D eigenvalue weighted by Crippen LogP contribution is 2.35. The van der Waals surface area contributed by atoms with Crippen LogP contribution in [0.25, 0.3) is 32.2 Å². The molecule has 2 aromatic carbocycles. The van der Waals surface area contributed by atoms with Crippen LogP contribution < -0.4 is 16.5 Å². The first kappa shape index (κ1) is 20.8. The summed E-state index contributed by atoms with van der Waals surface area (Å²) < 4.78 is 1.11. The summed E-state index contributed by atoms with van der Waals surface area (Å²) in [5.74, 6) is 0.0249. The van der Waals surface area contributed by atoms with Crippen LogP contribution in [0.3, 0.4) is 0 Å². The van der Waals surface area contributed by atoms with Gasteiger partial charge in [-0.1, -0.05) is 42.5 Å². The van der Waals surface area contributed by atoms with Crippen LogP contribution in [0.15, 0.2) is 70.5 Å². The van der Waals surface area contributed by atoms with Gasteiger partial charge >= 0.3 is 0 Å². The fourth-order valence-electron chi connectivity index (χ4n) is 3.81. The number of carbonyl (C=O) groups excluding carboxylic acids is 1. The number of H-pyrrole nitrogens is 1. The molecule has 0 radical (unpaired) electrons. The van der Waals surface area contributed by atoms with Crippen molar-refractivity contribution in [2.24, 2.45) is 0 Å². The number of nitrogens with zero attached hydrogens (tertiary/aromatic N) is 3. The number of amides is 1. The zero-order valence-electron chi connectivity index (χ0n) is 17.7. The van der Waals surface area contributed by atoms with Crippen LogP contribution in [0.2, 0.25) is 0 Å². The molecule has 3 aromatic heterocycles. The maximum absolute atomic E-state index is 13.2. The molecule has 3 heterocycles. The van der Waals surface area contributed by atoms with Gasteiger partial charge in [-0.3, -0.25) is 19.8 Å². The van der Waals surface area contributed by atoms with Gasteiger partial charge in [-0.05, 0) is 24.6 Å². The van der Waals surface area contributed by atoms with Crippen molar-refractivity contribution in [3.8, 4) is 11.1 Å². The molecular weight excluding hydrogens is 438 g/mol. The maximum Gasteiger partial charge on any atom is 0.281 e. The van der Waals surface area contributed by atoms with Gasteiger partial charge < -0.3 is 4.98 Å². The molecule has 8 nitrogen and oxygen atoms in total. The zero-order valence-corrected chi connectivity index (χ0v) is 18.5. The Balaban J connectivity index is 1.39. The molecule has 0 aliphatic carbocycles. The Morgan fingerprint density at radius 1 is 1.09 bits per heavy atom. The Bertz CT molecular complexity index is 1620. The molecule has 164 valence electrons. The first-order chi connectivity index (χ1) is 16.0. The largest absolute Gasteiger partial charge is 0.310 e. The highest BCUT2D eigenvalue weighted by molar-refractivity contribution is 7.19. The van der Waals surface area contributed by atoms with Gasteiger partial charge in [0.15, 0.2) is 0 Å². The minimum atomic E-state index is -0.387. The molecule has 1 amide bonds. The lowest BCUT2D eigenvalue weighted by atomic mass is 10.0. The molecule has 0 aliphatic heterocycles. The van der Waals surface area contributed by atoms with Crippen LogP contribution in [0.4, 0.5) is 0 Å². The van der Waals surface area contributed by atoms with Crippen molar-refractivity contribution in [3.63, 3.8) is 0 Å². The molecule has 33 heavy (non-hydrogen) atoms. The summed E-state index contributed by atoms with van der Waals surface area (Å²) in [5.41, 5.74) is 4.34. The van der Waals surface area contributed by atoms with Crippen molar-refractivity contribution in [3.05, 3.63) is 92.3 Å². The molecule has 0 unspecified atom stereocenters. The van der Waals surface area contributed by atoms with E-state index in [1.54, 1.807) is 24.3 Å². The van der Waals surface area contributed by atoms with E-state index < -0.39 is 0 Å². The molecule has 0 fully saturated rings. The second-order valence-electron chi connectivity index (χ2n) is 7.56. The third kappa shape index (κ3) is 3.94. The number of nitrogens with one attached hydrogen (secondary N) is 2. The smallest absolute Gasteiger partial charge is 0.281 e. The Morgan fingerprint density at radius 3 is 2.67 bits per heavy atom. The van der Waals surface area contributed by atoms with E-state index in [0.717, 1.165) is 20.7 Å². The highest BCUT2D eigenvalue weighted by Gasteiger charge is 2.17. The number of benzene rings is 2. The van der Waals surface area contributed by atoms with Crippen LogP contribution >= 0.6 is 11.3 Å². The second-order valence-corrected chi connectivity index (χ2v) is 8.77. The van der Waals surface area contributed by atoms with E-state index in [-0.39, 0.29) is 29.9 Å². The van der Waals surface area contributed by atoms with Gasteiger partial charge in [-0.25, -0.2) is 14.6 Å². The van der Waals surface area contributed by atoms with E-state index in [9.17, 15) is 14.4 Å². The Labute approximate surface area is 191 Å². The molecule has 9 heteroatoms. The number of hydrogen-bond acceptors (Lipinski definition) is 6. The van der Waals surface area contributed by atoms with Gasteiger partial charge in [0, 0.05) is 23.3 Å². The molecular formula is C24H19N5O3S. The number of rotatable bonds is 5. The topological polar surface area (TPSA) is 110 Å². The third-order valence-corrected chi connectivity index (χ3v) is 6.36. The predicted octanol–water partition coefficient (Wildman–Crippen LogP) is 3.37. The van der Waals surface area contributed by atoms with E-state index >= 15 is 0 Å². The molecule has 0 saturated carbocycles. The normalized spacial score (nSPS) is 11.2. The standard InChI is InChI=1S/C24H19N5O3S/c1-14-20(15-7-3-2-4-8-15)21-23(33-14)25-13-29(24(21)32)28-19(30)12-11-18-26-17-10-6-5-9-16(17)22(31)27-18/h2-10,13H,11-12H2,1H3,(H,28,30)(H,26,27,31). The Kier molecular flexibility index (Phi) is 5.31. The van der Waals surface area contributed by atoms with Crippen molar-refractivity contribution in [2.75, 3.05) is 5.43 Å². The summed E-state index contributed by atoms with van der Waals surface area (Å²) in [6, 6.07) is 16.7. The number of carbonyl (C=O) groups is 1. The number of thiophene rings is 1. The molecule has 5 rings (SSSR count). The lowest BCUT2D eigenvalue weighted by Crippen LogP contribution is -2.33. The summed E-state index contributed by atoms with van der Waals surface area (Å²) in [6.45, 7) is 1.95. The highest BCUT2D eigenvalue weighted by atomic mass is 32.1. The van der Waals surface area contributed by atoms with Crippen molar-refractivity contribution >= 4 is 38.4 Å². The molecule has 0 aliphatic rings. The fraction of sp³-hybridized carbons (Fsp3) is 0.125. The van der Waals surface area contributed by atoms with Crippen molar-refractivity contribution < 1.29 is 4.79 Å². The van der Waals surface area contributed by atoms with Crippen molar-refractivity contribution in [1.29, 1.82) is 0 Å². The summed E-state index contributed by atoms with van der Waals surface area (Å²) in [6.07, 6.45) is 1.59. The van der Waals surface area contributed by atoms with Crippen molar-refractivity contribution in [1.82, 2.24) is 19.6 Å². The van der Waals surface area contributed by atoms with Gasteiger partial charge in [0.05, 0.1) is 16.3 Å². The summed E-state index contributed by atoms with van der Waals surface area (Å²) in [7, 11) is 0. The van der Waals surface area contributed by atoms with Gasteiger partial charge in [0.2, 0.25) is 5.91 Å². The molecule has 5 aromatic rings. The zero-order chi connectivity index (χ0) is 22.9. The van der Waals surface area contributed by atoms with E-state index in [0.29, 0.717) is 26.9 Å². The van der Waals surface area contributed by atoms with Crippen molar-refractivity contribution in [2.45, 2.75) is 19.8 Å². The minimum Gasteiger partial charge on any atom is -0.310 e. The van der Waals surface area contributed by atoms with Crippen LogP contribution in [-0.2, 0) is 11.2 Å². The third-order valence-electron chi connectivity index (χ3n) is 5.35. The maximum atomic E-state index is 13.2. The second kappa shape index (κ2) is 8.44. The van der Waals surface area contributed by atoms with Gasteiger partial charge in [0.1, 0.15) is 17.0 Å². The number of fused-ring (bicyclic) bond motifs is 2. The van der Waals surface area contributed by atoms with Gasteiger partial charge in [-0.2, -0.15) is 0 Å². The predicted molar refractivity (Wildman–Crippen MR) is 129 cm³/mol. The van der Waals surface area contributed by atoms with Gasteiger partial charge in [-0.15, -0.1) is 11.3 Å². The molecule has 0 bridgehead atoms. The van der Waals surface area contributed by atoms with Crippen LogP contribution in [-0.4, -0.2) is 25.5 Å². The summed E-state index contributed by atoms with van der Waals surface area (Å²) >= 11 is 1.45. The lowest BCUT2D eigenvalue weighted by Gasteiger charge is -2.08. The number of aryl methyl sites for hydroxylation is 2. The number of hydrogen-bond donors (Lipinski definition) is 2. The van der Waals surface area contributed by atoms with Crippen LogP contribution in [0.5, 0.6) is 0 Å². The molecule has 0 spiro atoms. The number of aromatic nitrogens is 4. The average molecular weight is 458 g/mol. The quantitative estimate of drug-likeness (QED) is 0.421. The van der Waals surface area contributed by atoms with E-state index in [1.165, 1.54) is 17.7 Å². The van der Waals surface area contributed by atoms with Crippen LogP contribution in [0.1, 0.15) is 17.1 Å². The molecule has 0 atom stereocenters. The first-order valence-electron chi connectivity index (χ1n) is 10.4. The first-order valence-corrected chi connectivity index (χ1v) is 11.2. The number of para-hydroxylation sites is 1. The lowest BCUT2D eigenvalue weighted by molar-refractivity contribution is -0.117. The van der Waals surface area contributed by atoms with E-state index in [4.69, 9.17) is 0 Å².